The molecule has 0 bridgehead atoms. The molecule has 0 saturated heterocycles. The number of hydrazine groups is 1. The van der Waals surface area contributed by atoms with Gasteiger partial charge in [-0.3, -0.25) is 11.3 Å². The summed E-state index contributed by atoms with van der Waals surface area (Å²) in [5.74, 6) is 5.84. The van der Waals surface area contributed by atoms with E-state index in [4.69, 9.17) is 5.84 Å². The van der Waals surface area contributed by atoms with Gasteiger partial charge < -0.3 is 0 Å². The van der Waals surface area contributed by atoms with Gasteiger partial charge in [0, 0.05) is 6.04 Å². The van der Waals surface area contributed by atoms with E-state index in [0.717, 1.165) is 6.42 Å². The van der Waals surface area contributed by atoms with Crippen LogP contribution in [0.25, 0.3) is 0 Å². The minimum Gasteiger partial charge on any atom is -0.271 e. The molecule has 0 spiro atoms. The zero-order chi connectivity index (χ0) is 13.0. The van der Waals surface area contributed by atoms with Gasteiger partial charge in [-0.25, -0.2) is 0 Å². The topological polar surface area (TPSA) is 38.0 Å². The van der Waals surface area contributed by atoms with E-state index in [1.54, 1.807) is 0 Å². The molecule has 0 amide bonds. The Bertz CT molecular complexity index is 380. The predicted octanol–water partition coefficient (Wildman–Crippen LogP) is 3.34. The van der Waals surface area contributed by atoms with Crippen molar-refractivity contribution in [2.24, 2.45) is 11.3 Å². The normalized spacial score (nSPS) is 20.6. The third-order valence-corrected chi connectivity index (χ3v) is 4.72. The standard InChI is InChI=1S/C16H26N2/c1-13-8-4-5-9-14(13)12-15(18-17)16(2)10-6-3-7-11-16/h4-5,8-9,15,18H,3,6-7,10-12,17H2,1-2H3. The first-order chi connectivity index (χ1) is 8.65. The fourth-order valence-corrected chi connectivity index (χ4v) is 3.27. The van der Waals surface area contributed by atoms with E-state index in [2.05, 4.69) is 43.5 Å². The minimum absolute atomic E-state index is 0.356. The van der Waals surface area contributed by atoms with Crippen molar-refractivity contribution in [3.05, 3.63) is 35.4 Å². The van der Waals surface area contributed by atoms with Crippen molar-refractivity contribution in [2.75, 3.05) is 0 Å². The smallest absolute Gasteiger partial charge is 0.0304 e. The van der Waals surface area contributed by atoms with Gasteiger partial charge >= 0.3 is 0 Å². The molecule has 1 unspecified atom stereocenters. The van der Waals surface area contributed by atoms with Gasteiger partial charge in [-0.1, -0.05) is 50.5 Å². The van der Waals surface area contributed by atoms with Crippen LogP contribution in [0.2, 0.25) is 0 Å². The van der Waals surface area contributed by atoms with Crippen LogP contribution >= 0.6 is 0 Å². The SMILES string of the molecule is Cc1ccccc1CC(NN)C1(C)CCCCC1. The molecule has 2 rings (SSSR count). The molecule has 18 heavy (non-hydrogen) atoms. The van der Waals surface area contributed by atoms with Gasteiger partial charge in [0.2, 0.25) is 0 Å². The molecule has 0 aromatic heterocycles. The lowest BCUT2D eigenvalue weighted by Gasteiger charge is -2.40. The van der Waals surface area contributed by atoms with Crippen LogP contribution in [0.15, 0.2) is 24.3 Å². The Morgan fingerprint density at radius 1 is 1.22 bits per heavy atom. The van der Waals surface area contributed by atoms with Crippen LogP contribution in [-0.4, -0.2) is 6.04 Å². The molecule has 1 aliphatic carbocycles. The highest BCUT2D eigenvalue weighted by Gasteiger charge is 2.34. The third-order valence-electron chi connectivity index (χ3n) is 4.72. The van der Waals surface area contributed by atoms with Crippen LogP contribution in [0, 0.1) is 12.3 Å². The van der Waals surface area contributed by atoms with Gasteiger partial charge in [-0.15, -0.1) is 0 Å². The number of hydrogen-bond acceptors (Lipinski definition) is 2. The van der Waals surface area contributed by atoms with E-state index in [9.17, 15) is 0 Å². The van der Waals surface area contributed by atoms with E-state index < -0.39 is 0 Å². The van der Waals surface area contributed by atoms with Crippen LogP contribution < -0.4 is 11.3 Å². The van der Waals surface area contributed by atoms with Crippen LogP contribution in [0.1, 0.15) is 50.2 Å². The average molecular weight is 246 g/mol. The number of rotatable bonds is 4. The molecule has 0 radical (unpaired) electrons. The summed E-state index contributed by atoms with van der Waals surface area (Å²) in [7, 11) is 0. The minimum atomic E-state index is 0.356. The molecule has 1 aromatic rings. The van der Waals surface area contributed by atoms with Crippen LogP contribution in [0.3, 0.4) is 0 Å². The highest BCUT2D eigenvalue weighted by molar-refractivity contribution is 5.26. The molecule has 100 valence electrons. The van der Waals surface area contributed by atoms with Crippen LogP contribution in [0.4, 0.5) is 0 Å². The maximum Gasteiger partial charge on any atom is 0.0304 e. The van der Waals surface area contributed by atoms with E-state index in [1.165, 1.54) is 43.2 Å². The molecule has 1 atom stereocenters. The molecule has 0 heterocycles. The van der Waals surface area contributed by atoms with Gasteiger partial charge in [0.15, 0.2) is 0 Å². The van der Waals surface area contributed by atoms with Gasteiger partial charge in [-0.05, 0) is 42.7 Å². The fourth-order valence-electron chi connectivity index (χ4n) is 3.27. The maximum atomic E-state index is 5.84. The lowest BCUT2D eigenvalue weighted by Crippen LogP contribution is -2.49. The zero-order valence-corrected chi connectivity index (χ0v) is 11.7. The van der Waals surface area contributed by atoms with Gasteiger partial charge in [0.1, 0.15) is 0 Å². The number of nitrogens with one attached hydrogen (secondary N) is 1. The second kappa shape index (κ2) is 5.85. The van der Waals surface area contributed by atoms with Crippen molar-refractivity contribution in [3.63, 3.8) is 0 Å². The Morgan fingerprint density at radius 2 is 1.89 bits per heavy atom. The summed E-state index contributed by atoms with van der Waals surface area (Å²) < 4.78 is 0. The van der Waals surface area contributed by atoms with E-state index in [1.807, 2.05) is 0 Å². The summed E-state index contributed by atoms with van der Waals surface area (Å²) in [4.78, 5) is 0. The fraction of sp³-hybridized carbons (Fsp3) is 0.625. The van der Waals surface area contributed by atoms with Gasteiger partial charge in [-0.2, -0.15) is 0 Å². The molecule has 0 aliphatic heterocycles. The number of hydrogen-bond donors (Lipinski definition) is 2. The van der Waals surface area contributed by atoms with Gasteiger partial charge in [0.05, 0.1) is 0 Å². The summed E-state index contributed by atoms with van der Waals surface area (Å²) in [5.41, 5.74) is 6.24. The first-order valence-electron chi connectivity index (χ1n) is 7.16. The molecular weight excluding hydrogens is 220 g/mol. The van der Waals surface area contributed by atoms with E-state index >= 15 is 0 Å². The third kappa shape index (κ3) is 2.93. The molecule has 1 aromatic carbocycles. The molecule has 2 heteroatoms. The molecule has 1 saturated carbocycles. The zero-order valence-electron chi connectivity index (χ0n) is 11.7. The Labute approximate surface area is 111 Å². The van der Waals surface area contributed by atoms with Crippen molar-refractivity contribution in [3.8, 4) is 0 Å². The molecule has 2 nitrogen and oxygen atoms in total. The van der Waals surface area contributed by atoms with Crippen molar-refractivity contribution in [1.29, 1.82) is 0 Å². The second-order valence-electron chi connectivity index (χ2n) is 6.06. The van der Waals surface area contributed by atoms with Crippen LogP contribution in [-0.2, 0) is 6.42 Å². The molecule has 1 fully saturated rings. The quantitative estimate of drug-likeness (QED) is 0.631. The lowest BCUT2D eigenvalue weighted by molar-refractivity contribution is 0.144. The maximum absolute atomic E-state index is 5.84. The number of aryl methyl sites for hydroxylation is 1. The summed E-state index contributed by atoms with van der Waals surface area (Å²) >= 11 is 0. The van der Waals surface area contributed by atoms with Crippen LogP contribution in [0.5, 0.6) is 0 Å². The first kappa shape index (κ1) is 13.6. The number of benzene rings is 1. The largest absolute Gasteiger partial charge is 0.271 e. The molecular formula is C16H26N2. The highest BCUT2D eigenvalue weighted by Crippen LogP contribution is 2.39. The summed E-state index contributed by atoms with van der Waals surface area (Å²) in [6.07, 6.45) is 7.73. The van der Waals surface area contributed by atoms with Gasteiger partial charge in [0.25, 0.3) is 0 Å². The Hall–Kier alpha value is -0.860. The molecule has 3 N–H and O–H groups in total. The van der Waals surface area contributed by atoms with E-state index in [0.29, 0.717) is 11.5 Å². The Balaban J connectivity index is 2.11. The van der Waals surface area contributed by atoms with E-state index in [-0.39, 0.29) is 0 Å². The Kier molecular flexibility index (Phi) is 4.41. The molecule has 1 aliphatic rings. The Morgan fingerprint density at radius 3 is 2.50 bits per heavy atom. The summed E-state index contributed by atoms with van der Waals surface area (Å²) in [6.45, 7) is 4.58. The second-order valence-corrected chi connectivity index (χ2v) is 6.06. The van der Waals surface area contributed by atoms with Crippen molar-refractivity contribution in [2.45, 2.75) is 58.4 Å². The predicted molar refractivity (Wildman–Crippen MR) is 77.2 cm³/mol. The first-order valence-corrected chi connectivity index (χ1v) is 7.16. The lowest BCUT2D eigenvalue weighted by atomic mass is 9.69. The van der Waals surface area contributed by atoms with Crippen molar-refractivity contribution < 1.29 is 0 Å². The summed E-state index contributed by atoms with van der Waals surface area (Å²) in [5, 5.41) is 0. The summed E-state index contributed by atoms with van der Waals surface area (Å²) in [6, 6.07) is 9.03. The monoisotopic (exact) mass is 246 g/mol. The van der Waals surface area contributed by atoms with Crippen molar-refractivity contribution >= 4 is 0 Å². The average Bonchev–Trinajstić information content (AvgIpc) is 2.38. The van der Waals surface area contributed by atoms with Crippen molar-refractivity contribution in [1.82, 2.24) is 5.43 Å². The number of nitrogens with two attached hydrogens (primary N) is 1. The highest BCUT2D eigenvalue weighted by atomic mass is 15.2.